The minimum absolute atomic E-state index is 0.00674. The Morgan fingerprint density at radius 2 is 2.25 bits per heavy atom. The number of nitrogens with one attached hydrogen (secondary N) is 1. The van der Waals surface area contributed by atoms with Gasteiger partial charge in [0.05, 0.1) is 11.5 Å². The van der Waals surface area contributed by atoms with Crippen LogP contribution < -0.4 is 5.32 Å². The van der Waals surface area contributed by atoms with Crippen molar-refractivity contribution in [1.82, 2.24) is 10.2 Å². The van der Waals surface area contributed by atoms with E-state index in [1.165, 1.54) is 6.07 Å². The summed E-state index contributed by atoms with van der Waals surface area (Å²) >= 11 is 0. The van der Waals surface area contributed by atoms with Crippen LogP contribution in [-0.2, 0) is 4.79 Å². The number of nitro benzene ring substituents is 1. The number of nitro groups is 1. The standard InChI is InChI=1S/C14H19N3O3/c1-10(11-4-3-5-13(8-11)17(19)20)16(2)9-14(18)15-12-6-7-12/h3-5,8,10,12H,6-7,9H2,1-2H3,(H,15,18)/t10-/m0/s1. The van der Waals surface area contributed by atoms with Crippen LogP contribution in [0.15, 0.2) is 24.3 Å². The van der Waals surface area contributed by atoms with E-state index in [9.17, 15) is 14.9 Å². The fraction of sp³-hybridized carbons (Fsp3) is 0.500. The zero-order valence-corrected chi connectivity index (χ0v) is 11.7. The third-order valence-corrected chi connectivity index (χ3v) is 3.56. The van der Waals surface area contributed by atoms with E-state index < -0.39 is 4.92 Å². The largest absolute Gasteiger partial charge is 0.352 e. The van der Waals surface area contributed by atoms with Crippen LogP contribution in [-0.4, -0.2) is 35.4 Å². The third kappa shape index (κ3) is 3.77. The average Bonchev–Trinajstić information content (AvgIpc) is 3.21. The van der Waals surface area contributed by atoms with Crippen molar-refractivity contribution in [2.24, 2.45) is 0 Å². The Hall–Kier alpha value is -1.95. The third-order valence-electron chi connectivity index (χ3n) is 3.56. The van der Waals surface area contributed by atoms with E-state index in [0.29, 0.717) is 12.6 Å². The molecule has 0 aromatic heterocycles. The van der Waals surface area contributed by atoms with Gasteiger partial charge >= 0.3 is 0 Å². The number of hydrogen-bond donors (Lipinski definition) is 1. The van der Waals surface area contributed by atoms with E-state index in [1.54, 1.807) is 12.1 Å². The highest BCUT2D eigenvalue weighted by Gasteiger charge is 2.24. The molecule has 1 aliphatic carbocycles. The first-order valence-electron chi connectivity index (χ1n) is 6.71. The van der Waals surface area contributed by atoms with Gasteiger partial charge in [0, 0.05) is 24.2 Å². The lowest BCUT2D eigenvalue weighted by Crippen LogP contribution is -2.37. The van der Waals surface area contributed by atoms with Gasteiger partial charge in [-0.15, -0.1) is 0 Å². The maximum absolute atomic E-state index is 11.8. The van der Waals surface area contributed by atoms with Crippen molar-refractivity contribution in [3.8, 4) is 0 Å². The molecule has 2 rings (SSSR count). The lowest BCUT2D eigenvalue weighted by atomic mass is 10.1. The fourth-order valence-electron chi connectivity index (χ4n) is 2.02. The Morgan fingerprint density at radius 1 is 1.55 bits per heavy atom. The average molecular weight is 277 g/mol. The van der Waals surface area contributed by atoms with Crippen molar-refractivity contribution >= 4 is 11.6 Å². The normalized spacial score (nSPS) is 15.9. The van der Waals surface area contributed by atoms with Gasteiger partial charge in [0.1, 0.15) is 0 Å². The molecule has 108 valence electrons. The zero-order chi connectivity index (χ0) is 14.7. The number of likely N-dealkylation sites (N-methyl/N-ethyl adjacent to an activating group) is 1. The minimum atomic E-state index is -0.407. The Morgan fingerprint density at radius 3 is 2.85 bits per heavy atom. The van der Waals surface area contributed by atoms with Gasteiger partial charge in [-0.25, -0.2) is 0 Å². The number of carbonyl (C=O) groups excluding carboxylic acids is 1. The van der Waals surface area contributed by atoms with Crippen molar-refractivity contribution in [3.05, 3.63) is 39.9 Å². The van der Waals surface area contributed by atoms with Crippen LogP contribution >= 0.6 is 0 Å². The summed E-state index contributed by atoms with van der Waals surface area (Å²) in [5, 5.41) is 13.7. The molecule has 6 heteroatoms. The molecule has 20 heavy (non-hydrogen) atoms. The molecule has 6 nitrogen and oxygen atoms in total. The summed E-state index contributed by atoms with van der Waals surface area (Å²) in [5.74, 6) is 0.00674. The molecule has 0 unspecified atom stereocenters. The van der Waals surface area contributed by atoms with Crippen LogP contribution in [0.4, 0.5) is 5.69 Å². The Labute approximate surface area is 117 Å². The molecule has 1 aromatic rings. The van der Waals surface area contributed by atoms with Crippen LogP contribution in [0.5, 0.6) is 0 Å². The number of nitrogens with zero attached hydrogens (tertiary/aromatic N) is 2. The molecule has 0 saturated heterocycles. The number of non-ortho nitro benzene ring substituents is 1. The van der Waals surface area contributed by atoms with Gasteiger partial charge in [-0.1, -0.05) is 12.1 Å². The lowest BCUT2D eigenvalue weighted by molar-refractivity contribution is -0.384. The highest BCUT2D eigenvalue weighted by atomic mass is 16.6. The molecular formula is C14H19N3O3. The van der Waals surface area contributed by atoms with Gasteiger partial charge in [-0.2, -0.15) is 0 Å². The first-order valence-corrected chi connectivity index (χ1v) is 6.71. The molecule has 1 aliphatic rings. The summed E-state index contributed by atoms with van der Waals surface area (Å²) in [6, 6.07) is 6.83. The Bertz CT molecular complexity index is 514. The summed E-state index contributed by atoms with van der Waals surface area (Å²) in [4.78, 5) is 24.0. The molecule has 1 N–H and O–H groups in total. The molecular weight excluding hydrogens is 258 g/mol. The number of amides is 1. The summed E-state index contributed by atoms with van der Waals surface area (Å²) in [6.45, 7) is 2.23. The summed E-state index contributed by atoms with van der Waals surface area (Å²) in [7, 11) is 1.84. The maximum Gasteiger partial charge on any atom is 0.269 e. The molecule has 0 spiro atoms. The zero-order valence-electron chi connectivity index (χ0n) is 11.7. The quantitative estimate of drug-likeness (QED) is 0.636. The second-order valence-electron chi connectivity index (χ2n) is 5.28. The Balaban J connectivity index is 1.97. The van der Waals surface area contributed by atoms with Crippen LogP contribution in [0, 0.1) is 10.1 Å². The van der Waals surface area contributed by atoms with Gasteiger partial charge < -0.3 is 5.32 Å². The second kappa shape index (κ2) is 6.00. The molecule has 0 heterocycles. The van der Waals surface area contributed by atoms with E-state index in [4.69, 9.17) is 0 Å². The molecule has 1 saturated carbocycles. The van der Waals surface area contributed by atoms with Crippen LogP contribution in [0.2, 0.25) is 0 Å². The van der Waals surface area contributed by atoms with Gasteiger partial charge in [0.25, 0.3) is 5.69 Å². The van der Waals surface area contributed by atoms with E-state index in [-0.39, 0.29) is 17.6 Å². The van der Waals surface area contributed by atoms with Crippen molar-refractivity contribution in [1.29, 1.82) is 0 Å². The maximum atomic E-state index is 11.8. The van der Waals surface area contributed by atoms with Crippen LogP contribution in [0.25, 0.3) is 0 Å². The number of hydrogen-bond acceptors (Lipinski definition) is 4. The minimum Gasteiger partial charge on any atom is -0.352 e. The fourth-order valence-corrected chi connectivity index (χ4v) is 2.02. The van der Waals surface area contributed by atoms with Gasteiger partial charge in [0.2, 0.25) is 5.91 Å². The summed E-state index contributed by atoms with van der Waals surface area (Å²) in [6.07, 6.45) is 2.13. The molecule has 1 aromatic carbocycles. The first-order chi connectivity index (χ1) is 9.47. The molecule has 1 atom stereocenters. The molecule has 1 amide bonds. The summed E-state index contributed by atoms with van der Waals surface area (Å²) < 4.78 is 0. The smallest absolute Gasteiger partial charge is 0.269 e. The topological polar surface area (TPSA) is 75.5 Å². The molecule has 1 fully saturated rings. The number of rotatable bonds is 6. The van der Waals surface area contributed by atoms with Crippen molar-refractivity contribution in [2.75, 3.05) is 13.6 Å². The first kappa shape index (κ1) is 14.5. The number of benzene rings is 1. The van der Waals surface area contributed by atoms with Gasteiger partial charge in [-0.3, -0.25) is 19.8 Å². The Kier molecular flexibility index (Phi) is 4.34. The van der Waals surface area contributed by atoms with Crippen LogP contribution in [0.3, 0.4) is 0 Å². The van der Waals surface area contributed by atoms with Crippen molar-refractivity contribution < 1.29 is 9.72 Å². The van der Waals surface area contributed by atoms with Crippen molar-refractivity contribution in [3.63, 3.8) is 0 Å². The molecule has 0 bridgehead atoms. The van der Waals surface area contributed by atoms with E-state index in [1.807, 2.05) is 24.9 Å². The SMILES string of the molecule is C[C@@H](c1cccc([N+](=O)[O-])c1)N(C)CC(=O)NC1CC1. The van der Waals surface area contributed by atoms with Gasteiger partial charge in [0.15, 0.2) is 0 Å². The lowest BCUT2D eigenvalue weighted by Gasteiger charge is -2.24. The number of carbonyl (C=O) groups is 1. The second-order valence-corrected chi connectivity index (χ2v) is 5.28. The monoisotopic (exact) mass is 277 g/mol. The predicted octanol–water partition coefficient (Wildman–Crippen LogP) is 1.87. The molecule has 0 radical (unpaired) electrons. The molecule has 0 aliphatic heterocycles. The predicted molar refractivity (Wildman–Crippen MR) is 75.3 cm³/mol. The highest BCUT2D eigenvalue weighted by molar-refractivity contribution is 5.78. The van der Waals surface area contributed by atoms with E-state index in [0.717, 1.165) is 18.4 Å². The van der Waals surface area contributed by atoms with Crippen LogP contribution in [0.1, 0.15) is 31.4 Å². The summed E-state index contributed by atoms with van der Waals surface area (Å²) in [5.41, 5.74) is 0.908. The van der Waals surface area contributed by atoms with Crippen molar-refractivity contribution in [2.45, 2.75) is 31.8 Å². The van der Waals surface area contributed by atoms with Gasteiger partial charge in [-0.05, 0) is 32.4 Å². The van der Waals surface area contributed by atoms with E-state index >= 15 is 0 Å². The van der Waals surface area contributed by atoms with E-state index in [2.05, 4.69) is 5.32 Å². The highest BCUT2D eigenvalue weighted by Crippen LogP contribution is 2.23.